The summed E-state index contributed by atoms with van der Waals surface area (Å²) in [4.78, 5) is 114. The Kier molecular flexibility index (Phi) is 39.9. The first-order valence-electron chi connectivity index (χ1n) is 37.4. The van der Waals surface area contributed by atoms with Crippen LogP contribution in [-0.2, 0) is 83.0 Å². The molecule has 3 aliphatic carbocycles. The summed E-state index contributed by atoms with van der Waals surface area (Å²) in [6.45, 7) is 13.2. The maximum Gasteiger partial charge on any atom is 0.319 e. The molecule has 120 heavy (non-hydrogen) atoms. The normalized spacial score (nSPS) is 16.0. The molecule has 3 saturated carbocycles. The minimum absolute atomic E-state index is 0.0240. The van der Waals surface area contributed by atoms with Crippen molar-refractivity contribution < 1.29 is 113 Å². The molecule has 11 rings (SSSR count). The van der Waals surface area contributed by atoms with Gasteiger partial charge < -0.3 is 40.4 Å². The number of phenols is 1. The topological polar surface area (TPSA) is 305 Å². The molecule has 7 unspecified atom stereocenters. The van der Waals surface area contributed by atoms with E-state index in [0.29, 0.717) is 106 Å². The molecular weight excluding hydrogens is 1970 g/mol. The first-order valence-corrected chi connectivity index (χ1v) is 42.1. The molecule has 8 aromatic rings. The Hall–Kier alpha value is -8.75. The van der Waals surface area contributed by atoms with Crippen LogP contribution in [0.2, 0.25) is 0 Å². The molecule has 0 bridgehead atoms. The maximum atomic E-state index is 14.9. The summed E-state index contributed by atoms with van der Waals surface area (Å²) in [5.74, 6) is -11.3. The Balaban J connectivity index is 0.000000256. The lowest BCUT2D eigenvalue weighted by Crippen LogP contribution is -2.38. The third-order valence-electron chi connectivity index (χ3n) is 20.1. The number of phenolic OH excluding ortho intramolecular Hbond substituents is 1. The minimum Gasteiger partial charge on any atom is -0.508 e. The number of aryl methyl sites for hydroxylation is 4. The first kappa shape index (κ1) is 102. The Morgan fingerprint density at radius 3 is 1.28 bits per heavy atom. The van der Waals surface area contributed by atoms with Crippen molar-refractivity contribution in [3.63, 3.8) is 0 Å². The summed E-state index contributed by atoms with van der Waals surface area (Å²) >= 11 is 19.1. The van der Waals surface area contributed by atoms with Crippen LogP contribution in [0.3, 0.4) is 0 Å². The molecule has 0 heterocycles. The number of ether oxygens (including phenoxy) is 3. The standard InChI is InChI=1S/C21H21FO4.C18H20BrFO5.C15H16BrFO3.C11H12BrFO2.C9H8BrFO2.C8H6BrFO.C7H7BrFN/c1-12(21(25)26)20-17(14-5-7-16(23)8-6-14)10-13(11-18(20)22)9-15-3-2-4-19(15)24;1-10(16(22)24-2)15-12(19)7-11(8-13(15)20)9-18(17(23)25-3)6-4-5-14(18)21;1-8(15(19)20)14-11(16)6-9(7-12(14)17)5-10-3-2-4-13(10)18;1-6-4-8(12)10(9(13)5-6)7(2)11(14)15-3;1-5-2-7(10)6(4-9(12)13)8(11)3-5;1-5-2-7(9)6(4-11)8(10)3-5;1-4-2-5(8)7(10)6(9)3-4/h5-8,10-12,15,23H,2-4,9H2,1H3,(H,25,26);7-8,10H,4-6,9H2,1-3H3;6-8,10H,2-5H2,1H3,(H,19,20);4-5,7H,1-3H3;2-3H,4H2,1H3,(H,12,13);2-4H,1H3;2-3H,10H2,1H3. The van der Waals surface area contributed by atoms with Gasteiger partial charge in [0.25, 0.3) is 0 Å². The van der Waals surface area contributed by atoms with E-state index in [9.17, 15) is 88.9 Å². The van der Waals surface area contributed by atoms with Crippen molar-refractivity contribution in [2.24, 2.45) is 17.3 Å². The number of halogens is 13. The highest BCUT2D eigenvalue weighted by Gasteiger charge is 2.50. The number of carboxylic acid groups (broad SMARTS) is 3. The van der Waals surface area contributed by atoms with Crippen molar-refractivity contribution in [1.29, 1.82) is 0 Å². The first-order chi connectivity index (χ1) is 56.2. The van der Waals surface area contributed by atoms with E-state index >= 15 is 0 Å². The molecule has 3 fully saturated rings. The van der Waals surface area contributed by atoms with Gasteiger partial charge in [-0.1, -0.05) is 81.9 Å². The van der Waals surface area contributed by atoms with Gasteiger partial charge in [0.15, 0.2) is 12.1 Å². The number of hydrogen-bond donors (Lipinski definition) is 5. The van der Waals surface area contributed by atoms with E-state index in [4.69, 9.17) is 20.7 Å². The second-order valence-electron chi connectivity index (χ2n) is 29.0. The third-order valence-corrected chi connectivity index (χ3v) is 24.1. The predicted molar refractivity (Wildman–Crippen MR) is 460 cm³/mol. The number of anilines is 1. The zero-order chi connectivity index (χ0) is 90.2. The van der Waals surface area contributed by atoms with Gasteiger partial charge in [0, 0.05) is 85.8 Å². The van der Waals surface area contributed by atoms with E-state index in [2.05, 4.69) is 105 Å². The Bertz CT molecular complexity index is 4990. The molecule has 6 N–H and O–H groups in total. The predicted octanol–water partition coefficient (Wildman–Crippen LogP) is 22.2. The molecular formula is C89H90Br6F7NO17. The van der Waals surface area contributed by atoms with E-state index in [0.717, 1.165) is 53.5 Å². The van der Waals surface area contributed by atoms with Gasteiger partial charge in [-0.15, -0.1) is 0 Å². The number of nitrogens with two attached hydrogens (primary N) is 1. The van der Waals surface area contributed by atoms with Crippen LogP contribution in [0.1, 0.15) is 186 Å². The molecule has 7 atom stereocenters. The van der Waals surface area contributed by atoms with Crippen LogP contribution in [0.4, 0.5) is 36.4 Å². The van der Waals surface area contributed by atoms with E-state index in [-0.39, 0.29) is 92.9 Å². The van der Waals surface area contributed by atoms with E-state index in [1.807, 2.05) is 6.92 Å². The second-order valence-corrected chi connectivity index (χ2v) is 34.1. The number of nitrogen functional groups attached to an aromatic ring is 1. The lowest BCUT2D eigenvalue weighted by Gasteiger charge is -2.25. The average Bonchev–Trinajstić information content (AvgIpc) is 1.68. The molecule has 8 aromatic carbocycles. The van der Waals surface area contributed by atoms with Crippen molar-refractivity contribution in [2.45, 2.75) is 163 Å². The van der Waals surface area contributed by atoms with E-state index in [1.165, 1.54) is 89.8 Å². The van der Waals surface area contributed by atoms with Crippen LogP contribution in [0.5, 0.6) is 5.75 Å². The molecule has 3 aliphatic rings. The van der Waals surface area contributed by atoms with Gasteiger partial charge in [-0.3, -0.25) is 47.9 Å². The van der Waals surface area contributed by atoms with Gasteiger partial charge in [0.05, 0.1) is 62.7 Å². The number of benzene rings is 8. The largest absolute Gasteiger partial charge is 0.508 e. The van der Waals surface area contributed by atoms with Crippen molar-refractivity contribution in [3.8, 4) is 16.9 Å². The highest BCUT2D eigenvalue weighted by Crippen LogP contribution is 2.43. The van der Waals surface area contributed by atoms with Crippen molar-refractivity contribution in [2.75, 3.05) is 27.1 Å². The molecule has 0 spiro atoms. The maximum absolute atomic E-state index is 14.9. The molecule has 18 nitrogen and oxygen atoms in total. The number of rotatable bonds is 19. The second kappa shape index (κ2) is 47.0. The highest BCUT2D eigenvalue weighted by atomic mass is 79.9. The summed E-state index contributed by atoms with van der Waals surface area (Å²) in [6.07, 6.45) is 7.18. The Morgan fingerprint density at radius 2 is 0.883 bits per heavy atom. The molecule has 0 radical (unpaired) electrons. The lowest BCUT2D eigenvalue weighted by molar-refractivity contribution is -0.156. The number of aromatic hydroxyl groups is 1. The summed E-state index contributed by atoms with van der Waals surface area (Å²) in [6, 6.07) is 27.7. The molecule has 644 valence electrons. The molecule has 0 saturated heterocycles. The number of methoxy groups -OCH3 is 3. The van der Waals surface area contributed by atoms with Crippen LogP contribution in [0.15, 0.2) is 136 Å². The fourth-order valence-electron chi connectivity index (χ4n) is 13.7. The number of carbonyl (C=O) groups is 10. The number of esters is 3. The highest BCUT2D eigenvalue weighted by molar-refractivity contribution is 9.11. The number of carboxylic acids is 3. The summed E-state index contributed by atoms with van der Waals surface area (Å²) < 4.78 is 113. The fourth-order valence-corrected chi connectivity index (χ4v) is 18.1. The van der Waals surface area contributed by atoms with Crippen LogP contribution < -0.4 is 5.73 Å². The van der Waals surface area contributed by atoms with Gasteiger partial charge in [0.1, 0.15) is 63.5 Å². The van der Waals surface area contributed by atoms with Crippen LogP contribution >= 0.6 is 95.6 Å². The smallest absolute Gasteiger partial charge is 0.319 e. The number of ketones is 3. The molecule has 0 aromatic heterocycles. The molecule has 0 aliphatic heterocycles. The minimum atomic E-state index is -1.25. The van der Waals surface area contributed by atoms with Gasteiger partial charge >= 0.3 is 35.8 Å². The van der Waals surface area contributed by atoms with Crippen LogP contribution in [-0.4, -0.2) is 101 Å². The number of aldehydes is 1. The fraction of sp³-hybridized carbons (Fsp3) is 0.348. The van der Waals surface area contributed by atoms with Crippen molar-refractivity contribution in [3.05, 3.63) is 249 Å². The van der Waals surface area contributed by atoms with Gasteiger partial charge in [-0.2, -0.15) is 0 Å². The molecule has 0 amide bonds. The lowest BCUT2D eigenvalue weighted by atomic mass is 9.79. The number of Topliss-reactive ketones (excluding diaryl/α,β-unsaturated/α-hetero) is 3. The Morgan fingerprint density at radius 1 is 0.483 bits per heavy atom. The van der Waals surface area contributed by atoms with E-state index < -0.39 is 94.0 Å². The Labute approximate surface area is 741 Å². The van der Waals surface area contributed by atoms with Crippen molar-refractivity contribution >= 4 is 161 Å². The summed E-state index contributed by atoms with van der Waals surface area (Å²) in [7, 11) is 3.77. The zero-order valence-electron chi connectivity index (χ0n) is 67.2. The van der Waals surface area contributed by atoms with Gasteiger partial charge in [-0.05, 0) is 286 Å². The van der Waals surface area contributed by atoms with E-state index in [1.54, 1.807) is 89.2 Å². The average molecular weight is 2060 g/mol. The van der Waals surface area contributed by atoms with Gasteiger partial charge in [-0.25, -0.2) is 30.7 Å². The summed E-state index contributed by atoms with van der Waals surface area (Å²) in [5.41, 5.74) is 11.6. The third kappa shape index (κ3) is 28.2. The molecule has 31 heteroatoms. The zero-order valence-corrected chi connectivity index (χ0v) is 76.7. The summed E-state index contributed by atoms with van der Waals surface area (Å²) in [5, 5.41) is 36.3. The van der Waals surface area contributed by atoms with Crippen molar-refractivity contribution in [1.82, 2.24) is 0 Å². The van der Waals surface area contributed by atoms with Crippen LogP contribution in [0.25, 0.3) is 11.1 Å². The SMILES string of the molecule is CC(C(=O)O)c1c(F)cc(CC2CCCC2=O)cc1-c1ccc(O)cc1.CC(C(=O)O)c1c(F)cc(CC2CCCC2=O)cc1Br.COC(=O)C(C)c1c(F)cc(C)cc1Br.COC(=O)C(C)c1c(F)cc(CC2(C(=O)OC)CCCC2=O)cc1Br.Cc1cc(F)c(C=O)c(Br)c1.Cc1cc(F)c(CC(=O)O)c(Br)c1.Cc1cc(F)c(N)c(Br)c1. The number of carbonyl (C=O) groups excluding carboxylic acids is 7. The monoisotopic (exact) mass is 2050 g/mol. The van der Waals surface area contributed by atoms with Crippen LogP contribution in [0, 0.1) is 85.7 Å². The number of aliphatic carboxylic acids is 3. The number of hydrogen-bond acceptors (Lipinski definition) is 15. The van der Waals surface area contributed by atoms with Gasteiger partial charge in [0.2, 0.25) is 0 Å². The quantitative estimate of drug-likeness (QED) is 0.0125.